The zero-order valence-corrected chi connectivity index (χ0v) is 14.9. The summed E-state index contributed by atoms with van der Waals surface area (Å²) in [6.45, 7) is 5.68. The van der Waals surface area contributed by atoms with Gasteiger partial charge in [-0.2, -0.15) is 5.26 Å². The molecule has 0 aromatic heterocycles. The molecule has 2 fully saturated rings. The van der Waals surface area contributed by atoms with Gasteiger partial charge in [-0.15, -0.1) is 0 Å². The quantitative estimate of drug-likeness (QED) is 0.616. The lowest BCUT2D eigenvalue weighted by molar-refractivity contribution is -0.384. The lowest BCUT2D eigenvalue weighted by atomic mass is 9.63. The molecule has 25 heavy (non-hydrogen) atoms. The minimum Gasteiger partial charge on any atom is -0.379 e. The Balaban J connectivity index is 1.79. The van der Waals surface area contributed by atoms with E-state index in [-0.39, 0.29) is 17.2 Å². The van der Waals surface area contributed by atoms with Crippen LogP contribution in [0.15, 0.2) is 18.2 Å². The number of hydrogen-bond donors (Lipinski definition) is 1. The number of anilines is 1. The number of nitrogens with zero attached hydrogens (tertiary/aromatic N) is 2. The molecule has 0 saturated heterocycles. The number of rotatable bonds is 6. The predicted molar refractivity (Wildman–Crippen MR) is 95.3 cm³/mol. The molecule has 2 aliphatic rings. The molecular weight excluding hydrogens is 318 g/mol. The topological polar surface area (TPSA) is 88.2 Å². The van der Waals surface area contributed by atoms with E-state index in [1.54, 1.807) is 6.07 Å². The van der Waals surface area contributed by atoms with Crippen molar-refractivity contribution in [2.24, 2.45) is 10.8 Å². The maximum absolute atomic E-state index is 11.3. The third-order valence-corrected chi connectivity index (χ3v) is 6.15. The average Bonchev–Trinajstić information content (AvgIpc) is 3.38. The van der Waals surface area contributed by atoms with Gasteiger partial charge in [-0.1, -0.05) is 6.92 Å². The zero-order valence-electron chi connectivity index (χ0n) is 14.9. The minimum absolute atomic E-state index is 0.0182. The number of hydrogen-bond acceptors (Lipinski definition) is 5. The Morgan fingerprint density at radius 3 is 2.80 bits per heavy atom. The number of ether oxygens (including phenoxy) is 1. The standard InChI is InChI=1S/C19H25N3O3/c1-3-25-15-6-7-19(8-9-19)18(2,11-15)13-21-16-10-14(12-20)4-5-17(16)22(23)24/h4-5,10,15,21H,3,6-9,11,13H2,1-2H3. The van der Waals surface area contributed by atoms with Crippen LogP contribution in [0.25, 0.3) is 0 Å². The van der Waals surface area contributed by atoms with Crippen LogP contribution in [-0.2, 0) is 4.74 Å². The molecule has 0 heterocycles. The number of nitro benzene ring substituents is 1. The highest BCUT2D eigenvalue weighted by Crippen LogP contribution is 2.66. The SMILES string of the molecule is CCOC1CCC2(CC2)C(C)(CNc2cc(C#N)ccc2[N+](=O)[O-])C1. The van der Waals surface area contributed by atoms with Gasteiger partial charge in [0.1, 0.15) is 5.69 Å². The lowest BCUT2D eigenvalue weighted by Crippen LogP contribution is -2.44. The summed E-state index contributed by atoms with van der Waals surface area (Å²) in [5.41, 5.74) is 1.26. The molecule has 0 amide bonds. The van der Waals surface area contributed by atoms with E-state index in [0.29, 0.717) is 23.2 Å². The average molecular weight is 343 g/mol. The molecular formula is C19H25N3O3. The van der Waals surface area contributed by atoms with Crippen LogP contribution in [0.5, 0.6) is 0 Å². The van der Waals surface area contributed by atoms with Crippen LogP contribution in [-0.4, -0.2) is 24.2 Å². The lowest BCUT2D eigenvalue weighted by Gasteiger charge is -2.45. The second-order valence-corrected chi connectivity index (χ2v) is 7.62. The summed E-state index contributed by atoms with van der Waals surface area (Å²) in [5, 5.41) is 23.7. The molecule has 3 rings (SSSR count). The largest absolute Gasteiger partial charge is 0.379 e. The van der Waals surface area contributed by atoms with Crippen molar-refractivity contribution in [2.75, 3.05) is 18.5 Å². The van der Waals surface area contributed by atoms with Crippen molar-refractivity contribution in [3.8, 4) is 6.07 Å². The molecule has 1 N–H and O–H groups in total. The van der Waals surface area contributed by atoms with Crippen LogP contribution < -0.4 is 5.32 Å². The molecule has 1 aromatic rings. The fraction of sp³-hybridized carbons (Fsp3) is 0.632. The van der Waals surface area contributed by atoms with Crippen LogP contribution in [0.4, 0.5) is 11.4 Å². The summed E-state index contributed by atoms with van der Waals surface area (Å²) >= 11 is 0. The van der Waals surface area contributed by atoms with Gasteiger partial charge in [-0.05, 0) is 62.0 Å². The number of benzene rings is 1. The van der Waals surface area contributed by atoms with Crippen molar-refractivity contribution in [2.45, 2.75) is 52.1 Å². The molecule has 0 bridgehead atoms. The molecule has 2 atom stereocenters. The van der Waals surface area contributed by atoms with Crippen LogP contribution in [0.1, 0.15) is 51.5 Å². The van der Waals surface area contributed by atoms with Crippen LogP contribution in [0, 0.1) is 32.3 Å². The molecule has 2 unspecified atom stereocenters. The van der Waals surface area contributed by atoms with E-state index in [0.717, 1.165) is 25.9 Å². The first kappa shape index (κ1) is 17.7. The molecule has 1 spiro atoms. The van der Waals surface area contributed by atoms with Gasteiger partial charge in [-0.25, -0.2) is 0 Å². The van der Waals surface area contributed by atoms with Gasteiger partial charge in [0.05, 0.1) is 22.7 Å². The van der Waals surface area contributed by atoms with E-state index in [2.05, 4.69) is 18.3 Å². The molecule has 6 nitrogen and oxygen atoms in total. The third kappa shape index (κ3) is 3.34. The molecule has 0 radical (unpaired) electrons. The van der Waals surface area contributed by atoms with E-state index < -0.39 is 4.92 Å². The Morgan fingerprint density at radius 2 is 2.20 bits per heavy atom. The van der Waals surface area contributed by atoms with Gasteiger partial charge in [0.25, 0.3) is 5.69 Å². The van der Waals surface area contributed by atoms with Gasteiger partial charge < -0.3 is 10.1 Å². The Bertz CT molecular complexity index is 708. The normalized spacial score (nSPS) is 26.8. The monoisotopic (exact) mass is 343 g/mol. The predicted octanol–water partition coefficient (Wildman–Crippen LogP) is 4.25. The Hall–Kier alpha value is -2.13. The van der Waals surface area contributed by atoms with Crippen LogP contribution in [0.2, 0.25) is 0 Å². The summed E-state index contributed by atoms with van der Waals surface area (Å²) in [5.74, 6) is 0. The summed E-state index contributed by atoms with van der Waals surface area (Å²) < 4.78 is 5.87. The van der Waals surface area contributed by atoms with Crippen LogP contribution >= 0.6 is 0 Å². The number of nitrogens with one attached hydrogen (secondary N) is 1. The summed E-state index contributed by atoms with van der Waals surface area (Å²) in [7, 11) is 0. The molecule has 2 aliphatic carbocycles. The van der Waals surface area contributed by atoms with Crippen molar-refractivity contribution in [3.63, 3.8) is 0 Å². The molecule has 6 heteroatoms. The molecule has 2 saturated carbocycles. The highest BCUT2D eigenvalue weighted by molar-refractivity contribution is 5.64. The zero-order chi connectivity index (χ0) is 18.1. The fourth-order valence-corrected chi connectivity index (χ4v) is 4.40. The second kappa shape index (κ2) is 6.64. The highest BCUT2D eigenvalue weighted by atomic mass is 16.6. The van der Waals surface area contributed by atoms with Gasteiger partial charge in [0, 0.05) is 19.2 Å². The highest BCUT2D eigenvalue weighted by Gasteiger charge is 2.58. The fourth-order valence-electron chi connectivity index (χ4n) is 4.40. The maximum Gasteiger partial charge on any atom is 0.292 e. The first-order valence-corrected chi connectivity index (χ1v) is 8.97. The number of nitro groups is 1. The Labute approximate surface area is 148 Å². The summed E-state index contributed by atoms with van der Waals surface area (Å²) in [4.78, 5) is 10.9. The van der Waals surface area contributed by atoms with Gasteiger partial charge >= 0.3 is 0 Å². The van der Waals surface area contributed by atoms with E-state index in [1.807, 2.05) is 6.92 Å². The molecule has 0 aliphatic heterocycles. The van der Waals surface area contributed by atoms with E-state index in [1.165, 1.54) is 25.0 Å². The van der Waals surface area contributed by atoms with E-state index >= 15 is 0 Å². The summed E-state index contributed by atoms with van der Waals surface area (Å²) in [6.07, 6.45) is 5.96. The first-order valence-electron chi connectivity index (χ1n) is 8.97. The second-order valence-electron chi connectivity index (χ2n) is 7.62. The van der Waals surface area contributed by atoms with Crippen LogP contribution in [0.3, 0.4) is 0 Å². The first-order chi connectivity index (χ1) is 11.9. The maximum atomic E-state index is 11.3. The summed E-state index contributed by atoms with van der Waals surface area (Å²) in [6, 6.07) is 6.51. The minimum atomic E-state index is -0.400. The van der Waals surface area contributed by atoms with Crippen molar-refractivity contribution in [1.29, 1.82) is 5.26 Å². The number of nitriles is 1. The van der Waals surface area contributed by atoms with Gasteiger partial charge in [0.2, 0.25) is 0 Å². The van der Waals surface area contributed by atoms with Gasteiger partial charge in [-0.3, -0.25) is 10.1 Å². The Morgan fingerprint density at radius 1 is 1.44 bits per heavy atom. The third-order valence-electron chi connectivity index (χ3n) is 6.15. The van der Waals surface area contributed by atoms with Gasteiger partial charge in [0.15, 0.2) is 0 Å². The molecule has 134 valence electrons. The van der Waals surface area contributed by atoms with Crippen molar-refractivity contribution in [1.82, 2.24) is 0 Å². The van der Waals surface area contributed by atoms with E-state index in [9.17, 15) is 10.1 Å². The van der Waals surface area contributed by atoms with Crippen molar-refractivity contribution in [3.05, 3.63) is 33.9 Å². The smallest absolute Gasteiger partial charge is 0.292 e. The Kier molecular flexibility index (Phi) is 4.70. The van der Waals surface area contributed by atoms with Crippen molar-refractivity contribution < 1.29 is 9.66 Å². The van der Waals surface area contributed by atoms with E-state index in [4.69, 9.17) is 10.00 Å². The molecule has 1 aromatic carbocycles. The van der Waals surface area contributed by atoms with Crippen molar-refractivity contribution >= 4 is 11.4 Å².